The van der Waals surface area contributed by atoms with E-state index < -0.39 is 23.9 Å². The Balaban J connectivity index is 2.28. The summed E-state index contributed by atoms with van der Waals surface area (Å²) < 4.78 is 44.0. The first-order valence-electron chi connectivity index (χ1n) is 7.67. The summed E-state index contributed by atoms with van der Waals surface area (Å²) >= 11 is 0. The van der Waals surface area contributed by atoms with E-state index in [0.717, 1.165) is 12.1 Å². The lowest BCUT2D eigenvalue weighted by molar-refractivity contribution is 0.146. The third-order valence-corrected chi connectivity index (χ3v) is 3.99. The first-order valence-corrected chi connectivity index (χ1v) is 7.67. The Morgan fingerprint density at radius 1 is 1.52 bits per heavy atom. The average molecular weight is 352 g/mol. The molecule has 1 fully saturated rings. The Hall–Kier alpha value is -2.57. The monoisotopic (exact) mass is 352 g/mol. The van der Waals surface area contributed by atoms with E-state index in [-0.39, 0.29) is 24.9 Å². The van der Waals surface area contributed by atoms with Crippen LogP contribution in [0, 0.1) is 11.2 Å². The summed E-state index contributed by atoms with van der Waals surface area (Å²) in [6.45, 7) is 7.62. The number of nitrogens with zero attached hydrogens (tertiary/aromatic N) is 1. The van der Waals surface area contributed by atoms with Gasteiger partial charge in [-0.15, -0.1) is 0 Å². The van der Waals surface area contributed by atoms with Gasteiger partial charge in [-0.25, -0.2) is 18.0 Å². The van der Waals surface area contributed by atoms with Gasteiger partial charge >= 0.3 is 6.09 Å². The molecule has 1 aliphatic heterocycles. The van der Waals surface area contributed by atoms with Crippen molar-refractivity contribution in [2.24, 2.45) is 0 Å². The number of carbonyl (C=O) groups is 1. The molecule has 0 aliphatic carbocycles. The van der Waals surface area contributed by atoms with Crippen molar-refractivity contribution in [2.75, 3.05) is 13.2 Å². The van der Waals surface area contributed by atoms with Crippen LogP contribution in [0.5, 0.6) is 0 Å². The summed E-state index contributed by atoms with van der Waals surface area (Å²) in [4.78, 5) is 13.2. The largest absolute Gasteiger partial charge is 0.447 e. The van der Waals surface area contributed by atoms with Crippen LogP contribution in [-0.4, -0.2) is 35.9 Å². The molecule has 0 aromatic heterocycles. The van der Waals surface area contributed by atoms with E-state index in [2.05, 4.69) is 6.58 Å². The molecule has 1 saturated heterocycles. The fourth-order valence-corrected chi connectivity index (χ4v) is 2.43. The average Bonchev–Trinajstić information content (AvgIpc) is 2.85. The molecule has 2 rings (SSSR count). The molecule has 1 aromatic rings. The Kier molecular flexibility index (Phi) is 5.66. The van der Waals surface area contributed by atoms with Crippen LogP contribution in [0.3, 0.4) is 0 Å². The maximum Gasteiger partial charge on any atom is 0.410 e. The van der Waals surface area contributed by atoms with Crippen molar-refractivity contribution in [3.8, 4) is 0 Å². The molecule has 1 unspecified atom stereocenters. The number of benzene rings is 1. The van der Waals surface area contributed by atoms with Crippen LogP contribution in [0.25, 0.3) is 5.57 Å². The maximum atomic E-state index is 13.4. The molecule has 1 heterocycles. The number of alkyl halides is 2. The van der Waals surface area contributed by atoms with Gasteiger partial charge in [0.2, 0.25) is 0 Å². The number of halogens is 3. The quantitative estimate of drug-likeness (QED) is 0.602. The van der Waals surface area contributed by atoms with Crippen molar-refractivity contribution < 1.29 is 22.7 Å². The normalized spacial score (nSPS) is 17.8. The van der Waals surface area contributed by atoms with E-state index in [1.54, 1.807) is 13.0 Å². The van der Waals surface area contributed by atoms with Crippen LogP contribution in [0.1, 0.15) is 31.4 Å². The molecule has 1 N–H and O–H groups in total. The standard InChI is InChI=1S/C18H19F3N2O2/c1-10(13-4-5-16(19)15(7-13)17(20)21)6-14(12(3)22)8-23-11(2)9-25-18(23)24/h4-7,11,17,22H,1,8-9H2,2-3H3/b14-6-,22-12?. The van der Waals surface area contributed by atoms with Crippen LogP contribution in [0.2, 0.25) is 0 Å². The molecule has 25 heavy (non-hydrogen) atoms. The number of ether oxygens (including phenoxy) is 1. The highest BCUT2D eigenvalue weighted by molar-refractivity contribution is 5.99. The van der Waals surface area contributed by atoms with Crippen molar-refractivity contribution >= 4 is 17.4 Å². The molecular formula is C18H19F3N2O2. The van der Waals surface area contributed by atoms with Gasteiger partial charge in [-0.2, -0.15) is 0 Å². The molecule has 0 spiro atoms. The number of nitrogens with one attached hydrogen (secondary N) is 1. The summed E-state index contributed by atoms with van der Waals surface area (Å²) in [5.41, 5.74) is 0.691. The second-order valence-corrected chi connectivity index (χ2v) is 5.91. The molecule has 1 aliphatic rings. The minimum Gasteiger partial charge on any atom is -0.447 e. The summed E-state index contributed by atoms with van der Waals surface area (Å²) in [6.07, 6.45) is -1.85. The van der Waals surface area contributed by atoms with Crippen molar-refractivity contribution in [3.05, 3.63) is 53.4 Å². The topological polar surface area (TPSA) is 53.4 Å². The summed E-state index contributed by atoms with van der Waals surface area (Å²) in [5.74, 6) is -0.979. The Bertz CT molecular complexity index is 744. The highest BCUT2D eigenvalue weighted by Crippen LogP contribution is 2.27. The Morgan fingerprint density at radius 2 is 2.20 bits per heavy atom. The summed E-state index contributed by atoms with van der Waals surface area (Å²) in [7, 11) is 0. The van der Waals surface area contributed by atoms with Gasteiger partial charge < -0.3 is 10.1 Å². The molecule has 4 nitrogen and oxygen atoms in total. The van der Waals surface area contributed by atoms with Crippen LogP contribution < -0.4 is 0 Å². The number of rotatable bonds is 6. The number of hydrogen-bond donors (Lipinski definition) is 1. The van der Waals surface area contributed by atoms with Gasteiger partial charge in [0.05, 0.1) is 18.2 Å². The van der Waals surface area contributed by atoms with E-state index >= 15 is 0 Å². The molecule has 0 bridgehead atoms. The Morgan fingerprint density at radius 3 is 2.72 bits per heavy atom. The van der Waals surface area contributed by atoms with Crippen molar-refractivity contribution in [1.29, 1.82) is 5.41 Å². The zero-order chi connectivity index (χ0) is 18.7. The fraction of sp³-hybridized carbons (Fsp3) is 0.333. The lowest BCUT2D eigenvalue weighted by atomic mass is 10.00. The predicted molar refractivity (Wildman–Crippen MR) is 89.4 cm³/mol. The molecule has 1 aromatic carbocycles. The lowest BCUT2D eigenvalue weighted by Gasteiger charge is -2.20. The van der Waals surface area contributed by atoms with Gasteiger partial charge in [0.25, 0.3) is 6.43 Å². The maximum absolute atomic E-state index is 13.4. The number of allylic oxidation sites excluding steroid dienone is 2. The molecule has 1 atom stereocenters. The minimum absolute atomic E-state index is 0.125. The number of cyclic esters (lactones) is 1. The molecule has 1 amide bonds. The number of carbonyl (C=O) groups excluding carboxylic acids is 1. The van der Waals surface area contributed by atoms with Crippen LogP contribution in [0.4, 0.5) is 18.0 Å². The zero-order valence-electron chi connectivity index (χ0n) is 14.0. The first kappa shape index (κ1) is 18.8. The second kappa shape index (κ2) is 7.55. The first-order chi connectivity index (χ1) is 11.7. The van der Waals surface area contributed by atoms with E-state index in [0.29, 0.717) is 16.7 Å². The van der Waals surface area contributed by atoms with Gasteiger partial charge in [0, 0.05) is 5.71 Å². The lowest BCUT2D eigenvalue weighted by Crippen LogP contribution is -2.34. The van der Waals surface area contributed by atoms with Gasteiger partial charge in [0.1, 0.15) is 12.4 Å². The second-order valence-electron chi connectivity index (χ2n) is 5.91. The Labute approximate surface area is 144 Å². The van der Waals surface area contributed by atoms with E-state index in [1.807, 2.05) is 6.92 Å². The van der Waals surface area contributed by atoms with Gasteiger partial charge in [-0.1, -0.05) is 12.6 Å². The van der Waals surface area contributed by atoms with E-state index in [1.165, 1.54) is 11.0 Å². The van der Waals surface area contributed by atoms with Crippen molar-refractivity contribution in [1.82, 2.24) is 4.90 Å². The fourth-order valence-electron chi connectivity index (χ4n) is 2.43. The molecular weight excluding hydrogens is 333 g/mol. The SMILES string of the molecule is C=C(/C=C(/CN1C(=O)OCC1C)C(C)=N)c1ccc(F)c(C(F)F)c1. The van der Waals surface area contributed by atoms with Crippen LogP contribution in [0.15, 0.2) is 36.4 Å². The van der Waals surface area contributed by atoms with Crippen LogP contribution in [-0.2, 0) is 4.74 Å². The number of hydrogen-bond acceptors (Lipinski definition) is 3. The predicted octanol–water partition coefficient (Wildman–Crippen LogP) is 4.58. The third-order valence-electron chi connectivity index (χ3n) is 3.99. The molecule has 0 radical (unpaired) electrons. The number of amides is 1. The minimum atomic E-state index is -2.93. The van der Waals surface area contributed by atoms with E-state index in [9.17, 15) is 18.0 Å². The summed E-state index contributed by atoms with van der Waals surface area (Å²) in [5, 5.41) is 7.88. The van der Waals surface area contributed by atoms with Gasteiger partial charge in [-0.3, -0.25) is 4.90 Å². The van der Waals surface area contributed by atoms with Crippen molar-refractivity contribution in [3.63, 3.8) is 0 Å². The molecule has 134 valence electrons. The highest BCUT2D eigenvalue weighted by atomic mass is 19.3. The van der Waals surface area contributed by atoms with Gasteiger partial charge in [-0.05, 0) is 48.8 Å². The van der Waals surface area contributed by atoms with Gasteiger partial charge in [0.15, 0.2) is 0 Å². The molecule has 7 heteroatoms. The third kappa shape index (κ3) is 4.29. The van der Waals surface area contributed by atoms with E-state index in [4.69, 9.17) is 10.1 Å². The zero-order valence-corrected chi connectivity index (χ0v) is 14.0. The smallest absolute Gasteiger partial charge is 0.410 e. The van der Waals surface area contributed by atoms with Crippen molar-refractivity contribution in [2.45, 2.75) is 26.3 Å². The molecule has 0 saturated carbocycles. The van der Waals surface area contributed by atoms with Crippen LogP contribution >= 0.6 is 0 Å². The highest BCUT2D eigenvalue weighted by Gasteiger charge is 2.30. The summed E-state index contributed by atoms with van der Waals surface area (Å²) in [6, 6.07) is 3.23.